The van der Waals surface area contributed by atoms with Crippen LogP contribution in [0, 0.1) is 0 Å². The van der Waals surface area contributed by atoms with Gasteiger partial charge in [-0.3, -0.25) is 14.3 Å². The van der Waals surface area contributed by atoms with Crippen molar-refractivity contribution in [3.63, 3.8) is 0 Å². The Morgan fingerprint density at radius 1 is 1.00 bits per heavy atom. The van der Waals surface area contributed by atoms with E-state index in [4.69, 9.17) is 9.97 Å². The quantitative estimate of drug-likeness (QED) is 0.507. The summed E-state index contributed by atoms with van der Waals surface area (Å²) in [6.45, 7) is 2.64. The summed E-state index contributed by atoms with van der Waals surface area (Å²) < 4.78 is 1.92. The fraction of sp³-hybridized carbons (Fsp3) is 0.304. The lowest BCUT2D eigenvalue weighted by Crippen LogP contribution is -2.49. The summed E-state index contributed by atoms with van der Waals surface area (Å²) in [5, 5.41) is 10.9. The molecule has 1 aromatic carbocycles. The van der Waals surface area contributed by atoms with Gasteiger partial charge in [0.25, 0.3) is 5.91 Å². The summed E-state index contributed by atoms with van der Waals surface area (Å²) in [7, 11) is 0. The maximum atomic E-state index is 12.7. The van der Waals surface area contributed by atoms with Crippen LogP contribution in [0.15, 0.2) is 54.7 Å². The molecule has 0 radical (unpaired) electrons. The summed E-state index contributed by atoms with van der Waals surface area (Å²) in [6, 6.07) is 15.4. The number of anilines is 3. The second-order valence-corrected chi connectivity index (χ2v) is 8.34. The lowest BCUT2D eigenvalue weighted by molar-refractivity contribution is 0.0746. The molecule has 0 atom stereocenters. The van der Waals surface area contributed by atoms with Crippen LogP contribution in [0.1, 0.15) is 34.8 Å². The lowest BCUT2D eigenvalue weighted by atomic mass is 10.2. The van der Waals surface area contributed by atoms with Crippen molar-refractivity contribution in [2.75, 3.05) is 36.4 Å². The van der Waals surface area contributed by atoms with Gasteiger partial charge in [0.15, 0.2) is 5.82 Å². The SMILES string of the molecule is O=C(c1ccccc1)N1CCN(c2nc(Nc3cc(C4CC4)[nH]n3)n3cccc3n2)CC1. The van der Waals surface area contributed by atoms with E-state index in [2.05, 4.69) is 26.5 Å². The first-order valence-corrected chi connectivity index (χ1v) is 11.0. The molecule has 1 aliphatic carbocycles. The van der Waals surface area contributed by atoms with E-state index in [-0.39, 0.29) is 5.91 Å². The second-order valence-electron chi connectivity index (χ2n) is 8.34. The molecular formula is C23H24N8O. The molecule has 2 aliphatic rings. The van der Waals surface area contributed by atoms with E-state index in [0.717, 1.165) is 17.0 Å². The van der Waals surface area contributed by atoms with Crippen LogP contribution < -0.4 is 10.2 Å². The molecule has 9 heteroatoms. The van der Waals surface area contributed by atoms with Crippen molar-refractivity contribution < 1.29 is 4.79 Å². The van der Waals surface area contributed by atoms with Crippen molar-refractivity contribution >= 4 is 29.3 Å². The van der Waals surface area contributed by atoms with Gasteiger partial charge in [0.1, 0.15) is 5.65 Å². The van der Waals surface area contributed by atoms with Gasteiger partial charge < -0.3 is 15.1 Å². The van der Waals surface area contributed by atoms with Crippen LogP contribution in [0.4, 0.5) is 17.7 Å². The standard InChI is InChI=1S/C23H24N8O/c32-21(17-5-2-1-3-6-17)29-11-13-30(14-12-29)22-25-20-7-4-10-31(20)23(26-22)24-19-15-18(27-28-19)16-8-9-16/h1-7,10,15-16H,8-9,11-14H2,(H2,24,25,26,27,28). The van der Waals surface area contributed by atoms with E-state index in [0.29, 0.717) is 44.0 Å². The highest BCUT2D eigenvalue weighted by molar-refractivity contribution is 5.94. The first kappa shape index (κ1) is 18.9. The molecular weight excluding hydrogens is 404 g/mol. The molecule has 1 saturated carbocycles. The average molecular weight is 429 g/mol. The Hall–Kier alpha value is -3.88. The van der Waals surface area contributed by atoms with Gasteiger partial charge in [0.05, 0.1) is 0 Å². The topological polar surface area (TPSA) is 94.5 Å². The number of nitrogens with zero attached hydrogens (tertiary/aromatic N) is 6. The zero-order valence-electron chi connectivity index (χ0n) is 17.6. The van der Waals surface area contributed by atoms with Crippen molar-refractivity contribution in [3.05, 3.63) is 66.0 Å². The number of hydrogen-bond donors (Lipinski definition) is 2. The molecule has 1 saturated heterocycles. The van der Waals surface area contributed by atoms with Crippen LogP contribution in [0.5, 0.6) is 0 Å². The predicted molar refractivity (Wildman–Crippen MR) is 121 cm³/mol. The smallest absolute Gasteiger partial charge is 0.253 e. The Morgan fingerprint density at radius 3 is 2.59 bits per heavy atom. The van der Waals surface area contributed by atoms with Gasteiger partial charge in [0.2, 0.25) is 11.9 Å². The number of fused-ring (bicyclic) bond motifs is 1. The van der Waals surface area contributed by atoms with Crippen molar-refractivity contribution in [2.45, 2.75) is 18.8 Å². The highest BCUT2D eigenvalue weighted by Crippen LogP contribution is 2.39. The molecule has 9 nitrogen and oxygen atoms in total. The molecule has 162 valence electrons. The number of benzene rings is 1. The zero-order chi connectivity index (χ0) is 21.5. The van der Waals surface area contributed by atoms with E-state index in [1.165, 1.54) is 18.5 Å². The number of hydrogen-bond acceptors (Lipinski definition) is 6. The van der Waals surface area contributed by atoms with Crippen LogP contribution in [0.3, 0.4) is 0 Å². The molecule has 1 aliphatic heterocycles. The Kier molecular flexibility index (Phi) is 4.52. The zero-order valence-corrected chi connectivity index (χ0v) is 17.6. The maximum absolute atomic E-state index is 12.7. The lowest BCUT2D eigenvalue weighted by Gasteiger charge is -2.35. The largest absolute Gasteiger partial charge is 0.337 e. The predicted octanol–water partition coefficient (Wildman–Crippen LogP) is 3.04. The molecule has 6 rings (SSSR count). The number of H-pyrrole nitrogens is 1. The van der Waals surface area contributed by atoms with Crippen molar-refractivity contribution in [1.29, 1.82) is 0 Å². The average Bonchev–Trinajstić information content (AvgIpc) is 3.39. The number of rotatable bonds is 5. The summed E-state index contributed by atoms with van der Waals surface area (Å²) in [5.74, 6) is 2.76. The van der Waals surface area contributed by atoms with Gasteiger partial charge in [-0.05, 0) is 37.1 Å². The van der Waals surface area contributed by atoms with E-state index in [1.807, 2.05) is 58.0 Å². The van der Waals surface area contributed by atoms with Crippen molar-refractivity contribution in [1.82, 2.24) is 29.5 Å². The molecule has 3 aromatic heterocycles. The van der Waals surface area contributed by atoms with Crippen molar-refractivity contribution in [3.8, 4) is 0 Å². The number of carbonyl (C=O) groups excluding carboxylic acids is 1. The van der Waals surface area contributed by atoms with Crippen LogP contribution in [-0.2, 0) is 0 Å². The summed E-state index contributed by atoms with van der Waals surface area (Å²) >= 11 is 0. The molecule has 0 bridgehead atoms. The molecule has 1 amide bonds. The molecule has 2 fully saturated rings. The Bertz CT molecular complexity index is 1250. The van der Waals surface area contributed by atoms with Gasteiger partial charge in [-0.2, -0.15) is 15.1 Å². The number of aromatic amines is 1. The molecule has 0 unspecified atom stereocenters. The Labute approximate surface area is 185 Å². The normalized spacial score (nSPS) is 16.5. The minimum Gasteiger partial charge on any atom is -0.337 e. The molecule has 2 N–H and O–H groups in total. The number of aromatic nitrogens is 5. The number of carbonyl (C=O) groups is 1. The first-order valence-electron chi connectivity index (χ1n) is 11.0. The van der Waals surface area contributed by atoms with Gasteiger partial charge in [0, 0.05) is 55.6 Å². The maximum Gasteiger partial charge on any atom is 0.253 e. The van der Waals surface area contributed by atoms with Gasteiger partial charge >= 0.3 is 0 Å². The number of nitrogens with one attached hydrogen (secondary N) is 2. The highest BCUT2D eigenvalue weighted by atomic mass is 16.2. The summed E-state index contributed by atoms with van der Waals surface area (Å²) in [4.78, 5) is 26.3. The van der Waals surface area contributed by atoms with E-state index in [9.17, 15) is 4.79 Å². The molecule has 4 heterocycles. The van der Waals surface area contributed by atoms with Gasteiger partial charge in [-0.1, -0.05) is 18.2 Å². The second kappa shape index (κ2) is 7.67. The molecule has 32 heavy (non-hydrogen) atoms. The fourth-order valence-corrected chi connectivity index (χ4v) is 4.14. The van der Waals surface area contributed by atoms with Crippen molar-refractivity contribution in [2.24, 2.45) is 0 Å². The van der Waals surface area contributed by atoms with Crippen LogP contribution in [0.25, 0.3) is 5.65 Å². The third-order valence-corrected chi connectivity index (χ3v) is 6.10. The molecule has 0 spiro atoms. The molecule has 4 aromatic rings. The van der Waals surface area contributed by atoms with E-state index in [1.54, 1.807) is 0 Å². The third-order valence-electron chi connectivity index (χ3n) is 6.10. The summed E-state index contributed by atoms with van der Waals surface area (Å²) in [5.41, 5.74) is 2.71. The van der Waals surface area contributed by atoms with Crippen LogP contribution >= 0.6 is 0 Å². The Balaban J connectivity index is 1.20. The monoisotopic (exact) mass is 428 g/mol. The third kappa shape index (κ3) is 3.55. The Morgan fingerprint density at radius 2 is 1.81 bits per heavy atom. The number of piperazine rings is 1. The van der Waals surface area contributed by atoms with Gasteiger partial charge in [-0.15, -0.1) is 0 Å². The van der Waals surface area contributed by atoms with Crippen LogP contribution in [-0.4, -0.2) is 61.6 Å². The minimum absolute atomic E-state index is 0.0700. The van der Waals surface area contributed by atoms with Gasteiger partial charge in [-0.25, -0.2) is 0 Å². The van der Waals surface area contributed by atoms with Crippen LogP contribution in [0.2, 0.25) is 0 Å². The fourth-order valence-electron chi connectivity index (χ4n) is 4.14. The minimum atomic E-state index is 0.0700. The number of amides is 1. The first-order chi connectivity index (χ1) is 15.7. The highest BCUT2D eigenvalue weighted by Gasteiger charge is 2.26. The summed E-state index contributed by atoms with van der Waals surface area (Å²) in [6.07, 6.45) is 4.38. The van der Waals surface area contributed by atoms with E-state index >= 15 is 0 Å². The van der Waals surface area contributed by atoms with E-state index < -0.39 is 0 Å².